The second kappa shape index (κ2) is 14.2. The van der Waals surface area contributed by atoms with Gasteiger partial charge in [0, 0.05) is 43.9 Å². The van der Waals surface area contributed by atoms with Gasteiger partial charge in [-0.15, -0.1) is 0 Å². The molecule has 0 fully saturated rings. The molecule has 13 heteroatoms. The van der Waals surface area contributed by atoms with Crippen molar-refractivity contribution in [2.75, 3.05) is 44.5 Å². The molecule has 242 valence electrons. The van der Waals surface area contributed by atoms with Crippen LogP contribution in [0.1, 0.15) is 29.6 Å². The molecule has 3 aromatic carbocycles. The summed E-state index contributed by atoms with van der Waals surface area (Å²) in [5.41, 5.74) is 8.36. The Morgan fingerprint density at radius 1 is 1.07 bits per heavy atom. The third kappa shape index (κ3) is 7.07. The van der Waals surface area contributed by atoms with E-state index in [2.05, 4.69) is 5.32 Å². The fraction of sp³-hybridized carbons (Fsp3) is 0.273. The van der Waals surface area contributed by atoms with E-state index in [1.807, 2.05) is 24.3 Å². The molecule has 12 nitrogen and oxygen atoms in total. The van der Waals surface area contributed by atoms with Crippen molar-refractivity contribution >= 4 is 44.1 Å². The van der Waals surface area contributed by atoms with Crippen LogP contribution in [0.4, 0.5) is 11.4 Å². The molecule has 0 spiro atoms. The van der Waals surface area contributed by atoms with E-state index in [1.54, 1.807) is 53.2 Å². The predicted octanol–water partition coefficient (Wildman–Crippen LogP) is 3.94. The number of sulfonamides is 1. The molecule has 2 atom stereocenters. The highest BCUT2D eigenvalue weighted by Gasteiger charge is 2.32. The number of methoxy groups -OCH3 is 1. The minimum Gasteiger partial charge on any atom is -0.497 e. The van der Waals surface area contributed by atoms with Crippen molar-refractivity contribution in [1.29, 1.82) is 0 Å². The standard InChI is InChI=1S/C33H36N4O8S/c1-22(39)37-21-27(26-7-3-6-10-30(26)37)23-19-31(33(40)35-29-9-5-4-8-28(29)34)45-32(20-23)44-18-16-36(15-17-38)46(41,42)25-13-11-24(43-2)12-14-25/h3-14,19,21,23,32,38H,15-18,20,34H2,1-2H3,(H,35,40). The number of hydrogen-bond acceptors (Lipinski definition) is 9. The maximum absolute atomic E-state index is 13.4. The number of aromatic nitrogens is 1. The highest BCUT2D eigenvalue weighted by atomic mass is 32.2. The number of fused-ring (bicyclic) bond motifs is 1. The zero-order chi connectivity index (χ0) is 32.8. The summed E-state index contributed by atoms with van der Waals surface area (Å²) in [7, 11) is -2.48. The summed E-state index contributed by atoms with van der Waals surface area (Å²) in [4.78, 5) is 25.9. The molecule has 1 aliphatic rings. The molecule has 1 aliphatic heterocycles. The smallest absolute Gasteiger partial charge is 0.290 e. The Hall–Kier alpha value is -4.69. The molecular formula is C33H36N4O8S. The number of nitrogen functional groups attached to an aromatic ring is 1. The normalized spacial score (nSPS) is 16.6. The largest absolute Gasteiger partial charge is 0.497 e. The number of allylic oxidation sites excluding steroid dienone is 1. The Kier molecular flexibility index (Phi) is 10.1. The van der Waals surface area contributed by atoms with Crippen LogP contribution >= 0.6 is 0 Å². The van der Waals surface area contributed by atoms with Crippen LogP contribution in [0.25, 0.3) is 10.9 Å². The van der Waals surface area contributed by atoms with Gasteiger partial charge in [0.25, 0.3) is 5.91 Å². The number of amides is 1. The Morgan fingerprint density at radius 2 is 1.78 bits per heavy atom. The first kappa shape index (κ1) is 32.7. The van der Waals surface area contributed by atoms with Gasteiger partial charge in [0.1, 0.15) is 5.75 Å². The van der Waals surface area contributed by atoms with Gasteiger partial charge in [0.2, 0.25) is 22.2 Å². The first-order valence-corrected chi connectivity index (χ1v) is 16.1. The minimum atomic E-state index is -3.96. The zero-order valence-corrected chi connectivity index (χ0v) is 26.3. The zero-order valence-electron chi connectivity index (χ0n) is 25.5. The van der Waals surface area contributed by atoms with E-state index < -0.39 is 34.7 Å². The first-order valence-electron chi connectivity index (χ1n) is 14.6. The van der Waals surface area contributed by atoms with Crippen LogP contribution in [0.15, 0.2) is 95.7 Å². The van der Waals surface area contributed by atoms with Crippen LogP contribution in [0.3, 0.4) is 0 Å². The van der Waals surface area contributed by atoms with E-state index >= 15 is 0 Å². The highest BCUT2D eigenvalue weighted by Crippen LogP contribution is 2.37. The predicted molar refractivity (Wildman–Crippen MR) is 173 cm³/mol. The average Bonchev–Trinajstić information content (AvgIpc) is 3.45. The van der Waals surface area contributed by atoms with E-state index in [0.717, 1.165) is 20.8 Å². The number of para-hydroxylation sites is 3. The number of carbonyl (C=O) groups is 2. The van der Waals surface area contributed by atoms with Crippen LogP contribution in [-0.2, 0) is 24.3 Å². The summed E-state index contributed by atoms with van der Waals surface area (Å²) in [6.45, 7) is 0.746. The quantitative estimate of drug-likeness (QED) is 0.193. The molecule has 1 amide bonds. The molecule has 0 radical (unpaired) electrons. The lowest BCUT2D eigenvalue weighted by Crippen LogP contribution is -2.37. The number of aliphatic hydroxyl groups is 1. The summed E-state index contributed by atoms with van der Waals surface area (Å²) >= 11 is 0. The van der Waals surface area contributed by atoms with Crippen LogP contribution in [0.5, 0.6) is 5.75 Å². The summed E-state index contributed by atoms with van der Waals surface area (Å²) in [5, 5.41) is 13.2. The van der Waals surface area contributed by atoms with Crippen molar-refractivity contribution in [3.63, 3.8) is 0 Å². The number of rotatable bonds is 12. The van der Waals surface area contributed by atoms with Crippen molar-refractivity contribution in [1.82, 2.24) is 8.87 Å². The van der Waals surface area contributed by atoms with E-state index in [1.165, 1.54) is 26.2 Å². The Labute approximate surface area is 267 Å². The van der Waals surface area contributed by atoms with E-state index in [9.17, 15) is 23.1 Å². The van der Waals surface area contributed by atoms with E-state index in [-0.39, 0.29) is 42.7 Å². The van der Waals surface area contributed by atoms with Gasteiger partial charge in [-0.2, -0.15) is 4.31 Å². The molecule has 4 N–H and O–H groups in total. The van der Waals surface area contributed by atoms with Gasteiger partial charge < -0.3 is 30.4 Å². The van der Waals surface area contributed by atoms with Crippen LogP contribution < -0.4 is 15.8 Å². The van der Waals surface area contributed by atoms with Crippen LogP contribution in [0.2, 0.25) is 0 Å². The molecule has 5 rings (SSSR count). The maximum atomic E-state index is 13.4. The lowest BCUT2D eigenvalue weighted by Gasteiger charge is -2.30. The molecule has 46 heavy (non-hydrogen) atoms. The van der Waals surface area contributed by atoms with Gasteiger partial charge in [-0.05, 0) is 54.1 Å². The summed E-state index contributed by atoms with van der Waals surface area (Å²) in [6.07, 6.45) is 2.78. The molecule has 2 heterocycles. The van der Waals surface area contributed by atoms with E-state index in [4.69, 9.17) is 19.9 Å². The third-order valence-corrected chi connectivity index (χ3v) is 9.58. The number of nitrogens with two attached hydrogens (primary N) is 1. The second-order valence-corrected chi connectivity index (χ2v) is 12.6. The van der Waals surface area contributed by atoms with Crippen molar-refractivity contribution < 1.29 is 37.3 Å². The summed E-state index contributed by atoms with van der Waals surface area (Å²) in [5.74, 6) is -0.604. The van der Waals surface area contributed by atoms with Crippen LogP contribution in [0, 0.1) is 0 Å². The second-order valence-electron chi connectivity index (χ2n) is 10.6. The molecule has 2 unspecified atom stereocenters. The Morgan fingerprint density at radius 3 is 2.48 bits per heavy atom. The van der Waals surface area contributed by atoms with Gasteiger partial charge in [0.15, 0.2) is 5.76 Å². The van der Waals surface area contributed by atoms with Crippen molar-refractivity contribution in [3.8, 4) is 5.75 Å². The number of hydrogen-bond donors (Lipinski definition) is 3. The monoisotopic (exact) mass is 648 g/mol. The van der Waals surface area contributed by atoms with Crippen molar-refractivity contribution in [2.45, 2.75) is 30.4 Å². The molecule has 4 aromatic rings. The average molecular weight is 649 g/mol. The van der Waals surface area contributed by atoms with Gasteiger partial charge in [-0.1, -0.05) is 30.3 Å². The molecule has 1 aromatic heterocycles. The molecule has 0 aliphatic carbocycles. The Balaban J connectivity index is 1.39. The molecular weight excluding hydrogens is 612 g/mol. The highest BCUT2D eigenvalue weighted by molar-refractivity contribution is 7.89. The number of aliphatic hydroxyl groups excluding tert-OH is 1. The fourth-order valence-corrected chi connectivity index (χ4v) is 6.75. The number of benzene rings is 3. The number of carbonyl (C=O) groups excluding carboxylic acids is 2. The maximum Gasteiger partial charge on any atom is 0.290 e. The lowest BCUT2D eigenvalue weighted by atomic mass is 9.92. The summed E-state index contributed by atoms with van der Waals surface area (Å²) < 4.78 is 46.6. The van der Waals surface area contributed by atoms with Gasteiger partial charge in [-0.25, -0.2) is 8.42 Å². The summed E-state index contributed by atoms with van der Waals surface area (Å²) in [6, 6.07) is 20.2. The topological polar surface area (TPSA) is 162 Å². The molecule has 0 saturated carbocycles. The van der Waals surface area contributed by atoms with Gasteiger partial charge in [0.05, 0.1) is 42.1 Å². The van der Waals surface area contributed by atoms with Gasteiger partial charge >= 0.3 is 0 Å². The molecule has 0 bridgehead atoms. The van der Waals surface area contributed by atoms with Crippen LogP contribution in [-0.4, -0.2) is 73.9 Å². The fourth-order valence-electron chi connectivity index (χ4n) is 5.34. The number of nitrogens with zero attached hydrogens (tertiary/aromatic N) is 2. The van der Waals surface area contributed by atoms with E-state index in [0.29, 0.717) is 17.1 Å². The molecule has 0 saturated heterocycles. The minimum absolute atomic E-state index is 0.0118. The number of nitrogens with one attached hydrogen (secondary N) is 1. The third-order valence-electron chi connectivity index (χ3n) is 7.66. The number of anilines is 2. The van der Waals surface area contributed by atoms with Gasteiger partial charge in [-0.3, -0.25) is 14.2 Å². The SMILES string of the molecule is COc1ccc(S(=O)(=O)N(CCO)CCOC2CC(c3cn(C(C)=O)c4ccccc34)C=C(C(=O)Nc3ccccc3N)O2)cc1. The lowest BCUT2D eigenvalue weighted by molar-refractivity contribution is -0.143. The van der Waals surface area contributed by atoms with Crippen molar-refractivity contribution in [2.24, 2.45) is 0 Å². The Bertz CT molecular complexity index is 1850. The van der Waals surface area contributed by atoms with Crippen molar-refractivity contribution in [3.05, 3.63) is 96.4 Å². The number of ether oxygens (including phenoxy) is 3. The first-order chi connectivity index (χ1) is 22.1.